The molecule has 5 nitrogen and oxygen atoms in total. The van der Waals surface area contributed by atoms with Gasteiger partial charge >= 0.3 is 12.3 Å². The Labute approximate surface area is 98.0 Å². The van der Waals surface area contributed by atoms with Crippen molar-refractivity contribution in [2.75, 3.05) is 0 Å². The molecule has 0 radical (unpaired) electrons. The lowest BCUT2D eigenvalue weighted by Crippen LogP contribution is -2.40. The number of ether oxygens (including phenoxy) is 3. The SMILES string of the molecule is C=CCC12C=CC(C1)C1OC(=O)OC(=O)OC12. The maximum atomic E-state index is 11.3. The van der Waals surface area contributed by atoms with Crippen LogP contribution in [0.3, 0.4) is 0 Å². The highest BCUT2D eigenvalue weighted by Gasteiger charge is 2.59. The van der Waals surface area contributed by atoms with Crippen LogP contribution >= 0.6 is 0 Å². The molecule has 0 aromatic carbocycles. The van der Waals surface area contributed by atoms with Crippen LogP contribution in [0, 0.1) is 11.3 Å². The number of allylic oxidation sites excluding steroid dienone is 1. The standard InChI is InChI=1S/C12H12O5/c1-2-4-12-5-3-7(6-12)8-9(12)16-11(14)17-10(13)15-8/h2-3,5,7-9H,1,4,6H2. The van der Waals surface area contributed by atoms with Crippen LogP contribution < -0.4 is 0 Å². The second-order valence-electron chi connectivity index (χ2n) is 4.68. The van der Waals surface area contributed by atoms with Crippen LogP contribution in [0.4, 0.5) is 9.59 Å². The second kappa shape index (κ2) is 3.35. The largest absolute Gasteiger partial charge is 0.519 e. The molecule has 4 atom stereocenters. The summed E-state index contributed by atoms with van der Waals surface area (Å²) in [6.45, 7) is 3.72. The number of fused-ring (bicyclic) bond motifs is 5. The van der Waals surface area contributed by atoms with E-state index in [4.69, 9.17) is 9.47 Å². The lowest BCUT2D eigenvalue weighted by atomic mass is 9.81. The molecule has 0 aromatic rings. The third-order valence-corrected chi connectivity index (χ3v) is 3.72. The molecule has 1 heterocycles. The van der Waals surface area contributed by atoms with Gasteiger partial charge in [-0.05, 0) is 12.8 Å². The molecule has 0 spiro atoms. The third kappa shape index (κ3) is 1.38. The minimum atomic E-state index is -0.980. The number of hydrogen-bond donors (Lipinski definition) is 0. The zero-order chi connectivity index (χ0) is 12.0. The number of carbonyl (C=O) groups excluding carboxylic acids is 2. The molecule has 2 fully saturated rings. The lowest BCUT2D eigenvalue weighted by Gasteiger charge is -2.31. The van der Waals surface area contributed by atoms with E-state index in [1.54, 1.807) is 6.08 Å². The molecule has 2 aliphatic carbocycles. The Kier molecular flexibility index (Phi) is 2.05. The number of carbonyl (C=O) groups is 2. The van der Waals surface area contributed by atoms with Gasteiger partial charge in [0.25, 0.3) is 0 Å². The summed E-state index contributed by atoms with van der Waals surface area (Å²) in [4.78, 5) is 22.4. The maximum Gasteiger partial charge on any atom is 0.519 e. The Hall–Kier alpha value is -1.78. The molecule has 3 aliphatic rings. The summed E-state index contributed by atoms with van der Waals surface area (Å²) >= 11 is 0. The van der Waals surface area contributed by atoms with Gasteiger partial charge < -0.3 is 14.2 Å². The molecule has 5 heteroatoms. The van der Waals surface area contributed by atoms with Crippen molar-refractivity contribution in [1.29, 1.82) is 0 Å². The Morgan fingerprint density at radius 1 is 1.41 bits per heavy atom. The van der Waals surface area contributed by atoms with Crippen LogP contribution in [-0.4, -0.2) is 24.5 Å². The summed E-state index contributed by atoms with van der Waals surface area (Å²) in [6.07, 6.45) is 4.49. The number of hydrogen-bond acceptors (Lipinski definition) is 5. The molecule has 3 rings (SSSR count). The Morgan fingerprint density at radius 3 is 2.94 bits per heavy atom. The van der Waals surface area contributed by atoms with Crippen LogP contribution in [0.1, 0.15) is 12.8 Å². The van der Waals surface area contributed by atoms with Crippen LogP contribution in [0.5, 0.6) is 0 Å². The molecule has 17 heavy (non-hydrogen) atoms. The van der Waals surface area contributed by atoms with Gasteiger partial charge in [0, 0.05) is 11.3 Å². The van der Waals surface area contributed by atoms with E-state index in [-0.39, 0.29) is 11.3 Å². The minimum absolute atomic E-state index is 0.0957. The van der Waals surface area contributed by atoms with Crippen molar-refractivity contribution in [3.05, 3.63) is 24.8 Å². The molecular weight excluding hydrogens is 224 g/mol. The van der Waals surface area contributed by atoms with E-state index in [9.17, 15) is 9.59 Å². The first-order valence-corrected chi connectivity index (χ1v) is 5.54. The fraction of sp³-hybridized carbons (Fsp3) is 0.500. The molecule has 90 valence electrons. The van der Waals surface area contributed by atoms with Crippen LogP contribution in [0.25, 0.3) is 0 Å². The smallest absolute Gasteiger partial charge is 0.426 e. The maximum absolute atomic E-state index is 11.3. The lowest BCUT2D eigenvalue weighted by molar-refractivity contribution is -0.0162. The summed E-state index contributed by atoms with van der Waals surface area (Å²) in [5.41, 5.74) is -0.291. The summed E-state index contributed by atoms with van der Waals surface area (Å²) in [5, 5.41) is 0. The van der Waals surface area contributed by atoms with Crippen molar-refractivity contribution in [3.8, 4) is 0 Å². The van der Waals surface area contributed by atoms with Crippen LogP contribution in [-0.2, 0) is 14.2 Å². The number of rotatable bonds is 2. The van der Waals surface area contributed by atoms with Crippen molar-refractivity contribution < 1.29 is 23.8 Å². The van der Waals surface area contributed by atoms with Crippen molar-refractivity contribution in [2.45, 2.75) is 25.0 Å². The molecule has 4 unspecified atom stereocenters. The molecule has 0 amide bonds. The molecule has 1 saturated heterocycles. The second-order valence-corrected chi connectivity index (χ2v) is 4.68. The van der Waals surface area contributed by atoms with E-state index in [1.807, 2.05) is 12.2 Å². The highest BCUT2D eigenvalue weighted by Crippen LogP contribution is 2.54. The van der Waals surface area contributed by atoms with Gasteiger partial charge in [-0.1, -0.05) is 18.2 Å². The van der Waals surface area contributed by atoms with Gasteiger partial charge in [0.15, 0.2) is 6.10 Å². The summed E-state index contributed by atoms with van der Waals surface area (Å²) in [7, 11) is 0. The first-order chi connectivity index (χ1) is 8.14. The van der Waals surface area contributed by atoms with Gasteiger partial charge in [-0.3, -0.25) is 0 Å². The summed E-state index contributed by atoms with van der Waals surface area (Å²) < 4.78 is 14.6. The van der Waals surface area contributed by atoms with E-state index < -0.39 is 24.5 Å². The van der Waals surface area contributed by atoms with Crippen molar-refractivity contribution in [3.63, 3.8) is 0 Å². The minimum Gasteiger partial charge on any atom is -0.426 e. The highest BCUT2D eigenvalue weighted by molar-refractivity contribution is 5.78. The predicted molar refractivity (Wildman–Crippen MR) is 56.1 cm³/mol. The Bertz CT molecular complexity index is 427. The monoisotopic (exact) mass is 236 g/mol. The Morgan fingerprint density at radius 2 is 2.18 bits per heavy atom. The Balaban J connectivity index is 1.96. The van der Waals surface area contributed by atoms with E-state index >= 15 is 0 Å². The van der Waals surface area contributed by atoms with Gasteiger partial charge in [0.1, 0.15) is 6.10 Å². The van der Waals surface area contributed by atoms with Gasteiger partial charge in [-0.25, -0.2) is 9.59 Å². The van der Waals surface area contributed by atoms with Crippen LogP contribution in [0.2, 0.25) is 0 Å². The van der Waals surface area contributed by atoms with Gasteiger partial charge in [0.2, 0.25) is 0 Å². The van der Waals surface area contributed by atoms with Crippen LogP contribution in [0.15, 0.2) is 24.8 Å². The molecule has 1 saturated carbocycles. The molecule has 0 aromatic heterocycles. The molecule has 2 bridgehead atoms. The topological polar surface area (TPSA) is 61.8 Å². The normalized spacial score (nSPS) is 42.2. The fourth-order valence-corrected chi connectivity index (χ4v) is 3.08. The zero-order valence-electron chi connectivity index (χ0n) is 9.13. The highest BCUT2D eigenvalue weighted by atomic mass is 16.8. The van der Waals surface area contributed by atoms with Crippen molar-refractivity contribution >= 4 is 12.3 Å². The van der Waals surface area contributed by atoms with Crippen molar-refractivity contribution in [2.24, 2.45) is 11.3 Å². The first-order valence-electron chi connectivity index (χ1n) is 5.54. The average Bonchev–Trinajstić information content (AvgIpc) is 2.72. The molecule has 1 aliphatic heterocycles. The van der Waals surface area contributed by atoms with Gasteiger partial charge in [-0.15, -0.1) is 6.58 Å². The van der Waals surface area contributed by atoms with E-state index in [0.29, 0.717) is 6.42 Å². The van der Waals surface area contributed by atoms with E-state index in [2.05, 4.69) is 11.3 Å². The average molecular weight is 236 g/mol. The fourth-order valence-electron chi connectivity index (χ4n) is 3.08. The first kappa shape index (κ1) is 10.4. The van der Waals surface area contributed by atoms with Crippen molar-refractivity contribution in [1.82, 2.24) is 0 Å². The molecule has 0 N–H and O–H groups in total. The van der Waals surface area contributed by atoms with Gasteiger partial charge in [-0.2, -0.15) is 0 Å². The quantitative estimate of drug-likeness (QED) is 0.417. The summed E-state index contributed by atoms with van der Waals surface area (Å²) in [5.74, 6) is 0.0957. The summed E-state index contributed by atoms with van der Waals surface area (Å²) in [6, 6.07) is 0. The third-order valence-electron chi connectivity index (χ3n) is 3.72. The van der Waals surface area contributed by atoms with E-state index in [1.165, 1.54) is 0 Å². The van der Waals surface area contributed by atoms with E-state index in [0.717, 1.165) is 6.42 Å². The number of cyclic esters (lactones) is 2. The zero-order valence-corrected chi connectivity index (χ0v) is 9.13. The molecular formula is C12H12O5. The van der Waals surface area contributed by atoms with Gasteiger partial charge in [0.05, 0.1) is 0 Å². The predicted octanol–water partition coefficient (Wildman–Crippen LogP) is 2.18.